The fourth-order valence-corrected chi connectivity index (χ4v) is 2.81. The predicted molar refractivity (Wildman–Crippen MR) is 95.4 cm³/mol. The van der Waals surface area contributed by atoms with Crippen LogP contribution in [0.25, 0.3) is 6.08 Å². The zero-order valence-corrected chi connectivity index (χ0v) is 14.8. The van der Waals surface area contributed by atoms with E-state index in [0.29, 0.717) is 10.6 Å². The largest absolute Gasteiger partial charge is 0.454 e. The lowest BCUT2D eigenvalue weighted by molar-refractivity contribution is -0.136. The van der Waals surface area contributed by atoms with Crippen molar-refractivity contribution in [2.24, 2.45) is 0 Å². The first-order valence-electron chi connectivity index (χ1n) is 7.72. The number of ether oxygens (including phenoxy) is 1. The number of carbonyl (C=O) groups excluding carboxylic acids is 2. The molecule has 0 spiro atoms. The zero-order chi connectivity index (χ0) is 17.7. The summed E-state index contributed by atoms with van der Waals surface area (Å²) < 4.78 is 7.08. The average Bonchev–Trinajstić information content (AvgIpc) is 2.84. The normalized spacial score (nSPS) is 11.0. The highest BCUT2D eigenvalue weighted by Gasteiger charge is 2.16. The van der Waals surface area contributed by atoms with Gasteiger partial charge in [0.25, 0.3) is 0 Å². The van der Waals surface area contributed by atoms with E-state index < -0.39 is 5.97 Å². The number of nitrogens with zero attached hydrogens (tertiary/aromatic N) is 1. The Morgan fingerprint density at radius 1 is 1.25 bits per heavy atom. The van der Waals surface area contributed by atoms with Gasteiger partial charge in [-0.25, -0.2) is 4.79 Å². The number of halogens is 1. The summed E-state index contributed by atoms with van der Waals surface area (Å²) in [6, 6.07) is 8.93. The van der Waals surface area contributed by atoms with E-state index >= 15 is 0 Å². The molecule has 4 nitrogen and oxygen atoms in total. The van der Waals surface area contributed by atoms with Gasteiger partial charge in [-0.05, 0) is 50.6 Å². The molecule has 5 heteroatoms. The Balaban J connectivity index is 1.95. The predicted octanol–water partition coefficient (Wildman–Crippen LogP) is 4.22. The van der Waals surface area contributed by atoms with Crippen LogP contribution in [0.1, 0.15) is 34.2 Å². The number of ketones is 1. The molecule has 126 valence electrons. The third-order valence-electron chi connectivity index (χ3n) is 3.80. The summed E-state index contributed by atoms with van der Waals surface area (Å²) in [4.78, 5) is 24.0. The molecule has 1 heterocycles. The minimum atomic E-state index is -0.562. The van der Waals surface area contributed by atoms with Crippen molar-refractivity contribution in [3.63, 3.8) is 0 Å². The zero-order valence-electron chi connectivity index (χ0n) is 14.0. The standard InChI is InChI=1S/C19H20ClNO3/c1-4-21-13(2)10-17(14(21)3)18(22)12-24-19(23)9-8-15-6-5-7-16(20)11-15/h5-11H,4,12H2,1-3H3/b9-8+. The van der Waals surface area contributed by atoms with E-state index in [9.17, 15) is 9.59 Å². The molecule has 0 atom stereocenters. The molecule has 0 aliphatic heterocycles. The summed E-state index contributed by atoms with van der Waals surface area (Å²) in [7, 11) is 0. The Morgan fingerprint density at radius 3 is 2.62 bits per heavy atom. The van der Waals surface area contributed by atoms with Crippen molar-refractivity contribution in [2.45, 2.75) is 27.3 Å². The maximum atomic E-state index is 12.2. The highest BCUT2D eigenvalue weighted by Crippen LogP contribution is 2.16. The van der Waals surface area contributed by atoms with Crippen LogP contribution in [0, 0.1) is 13.8 Å². The maximum Gasteiger partial charge on any atom is 0.331 e. The van der Waals surface area contributed by atoms with Gasteiger partial charge in [0.1, 0.15) is 0 Å². The van der Waals surface area contributed by atoms with Gasteiger partial charge < -0.3 is 9.30 Å². The van der Waals surface area contributed by atoms with E-state index in [1.54, 1.807) is 24.3 Å². The first-order chi connectivity index (χ1) is 11.4. The van der Waals surface area contributed by atoms with Gasteiger partial charge in [0.05, 0.1) is 0 Å². The molecule has 0 unspecified atom stereocenters. The molecule has 0 saturated carbocycles. The quantitative estimate of drug-likeness (QED) is 0.447. The molecule has 0 bridgehead atoms. The number of hydrogen-bond acceptors (Lipinski definition) is 3. The van der Waals surface area contributed by atoms with Crippen LogP contribution in [0.15, 0.2) is 36.4 Å². The van der Waals surface area contributed by atoms with E-state index in [1.807, 2.05) is 37.5 Å². The van der Waals surface area contributed by atoms with Crippen molar-refractivity contribution in [1.82, 2.24) is 4.57 Å². The summed E-state index contributed by atoms with van der Waals surface area (Å²) in [5.41, 5.74) is 3.30. The Labute approximate surface area is 146 Å². The van der Waals surface area contributed by atoms with E-state index in [2.05, 4.69) is 0 Å². The van der Waals surface area contributed by atoms with E-state index in [1.165, 1.54) is 6.08 Å². The Bertz CT molecular complexity index is 790. The summed E-state index contributed by atoms with van der Waals surface area (Å²) in [6.07, 6.45) is 2.88. The fourth-order valence-electron chi connectivity index (χ4n) is 2.61. The molecule has 0 N–H and O–H groups in total. The van der Waals surface area contributed by atoms with Crippen LogP contribution in [0.5, 0.6) is 0 Å². The molecule has 24 heavy (non-hydrogen) atoms. The van der Waals surface area contributed by atoms with Crippen molar-refractivity contribution in [2.75, 3.05) is 6.61 Å². The molecule has 2 aromatic rings. The maximum absolute atomic E-state index is 12.2. The molecular formula is C19H20ClNO3. The summed E-state index contributed by atoms with van der Waals surface area (Å²) in [6.45, 7) is 6.40. The Kier molecular flexibility index (Phi) is 5.99. The lowest BCUT2D eigenvalue weighted by Gasteiger charge is -2.05. The van der Waals surface area contributed by atoms with Gasteiger partial charge in [0.15, 0.2) is 6.61 Å². The van der Waals surface area contributed by atoms with Gasteiger partial charge in [0.2, 0.25) is 5.78 Å². The van der Waals surface area contributed by atoms with Crippen LogP contribution in [0.3, 0.4) is 0 Å². The van der Waals surface area contributed by atoms with Crippen LogP contribution in [-0.4, -0.2) is 22.9 Å². The number of rotatable bonds is 6. The van der Waals surface area contributed by atoms with Gasteiger partial charge in [-0.2, -0.15) is 0 Å². The Morgan fingerprint density at radius 2 is 2.00 bits per heavy atom. The minimum absolute atomic E-state index is 0.202. The van der Waals surface area contributed by atoms with Gasteiger partial charge in [-0.15, -0.1) is 0 Å². The van der Waals surface area contributed by atoms with Gasteiger partial charge in [0, 0.05) is 34.6 Å². The molecule has 2 rings (SSSR count). The number of aromatic nitrogens is 1. The topological polar surface area (TPSA) is 48.3 Å². The molecule has 1 aromatic carbocycles. The molecule has 0 saturated heterocycles. The number of carbonyl (C=O) groups is 2. The van der Waals surface area contributed by atoms with Gasteiger partial charge >= 0.3 is 5.97 Å². The highest BCUT2D eigenvalue weighted by atomic mass is 35.5. The third-order valence-corrected chi connectivity index (χ3v) is 4.03. The monoisotopic (exact) mass is 345 g/mol. The van der Waals surface area contributed by atoms with Crippen molar-refractivity contribution < 1.29 is 14.3 Å². The van der Waals surface area contributed by atoms with Gasteiger partial charge in [-0.3, -0.25) is 4.79 Å². The van der Waals surface area contributed by atoms with Crippen LogP contribution in [0.2, 0.25) is 5.02 Å². The lowest BCUT2D eigenvalue weighted by atomic mass is 10.1. The molecule has 0 radical (unpaired) electrons. The van der Waals surface area contributed by atoms with Crippen LogP contribution < -0.4 is 0 Å². The minimum Gasteiger partial charge on any atom is -0.454 e. The molecule has 0 fully saturated rings. The summed E-state index contributed by atoms with van der Waals surface area (Å²) >= 11 is 5.88. The van der Waals surface area contributed by atoms with Crippen LogP contribution in [0.4, 0.5) is 0 Å². The smallest absolute Gasteiger partial charge is 0.331 e. The van der Waals surface area contributed by atoms with E-state index in [-0.39, 0.29) is 12.4 Å². The fraction of sp³-hybridized carbons (Fsp3) is 0.263. The first-order valence-corrected chi connectivity index (χ1v) is 8.10. The lowest BCUT2D eigenvalue weighted by Crippen LogP contribution is -2.13. The number of aryl methyl sites for hydroxylation is 1. The van der Waals surface area contributed by atoms with E-state index in [4.69, 9.17) is 16.3 Å². The second-order valence-electron chi connectivity index (χ2n) is 5.45. The second kappa shape index (κ2) is 7.97. The molecular weight excluding hydrogens is 326 g/mol. The highest BCUT2D eigenvalue weighted by molar-refractivity contribution is 6.30. The average molecular weight is 346 g/mol. The SMILES string of the molecule is CCn1c(C)cc(C(=O)COC(=O)/C=C/c2cccc(Cl)c2)c1C. The number of benzene rings is 1. The molecule has 1 aromatic heterocycles. The summed E-state index contributed by atoms with van der Waals surface area (Å²) in [5, 5.41) is 0.590. The Hall–Kier alpha value is -2.33. The summed E-state index contributed by atoms with van der Waals surface area (Å²) in [5.74, 6) is -0.764. The molecule has 0 amide bonds. The second-order valence-corrected chi connectivity index (χ2v) is 5.88. The number of esters is 1. The van der Waals surface area contributed by atoms with Crippen LogP contribution >= 0.6 is 11.6 Å². The van der Waals surface area contributed by atoms with Crippen molar-refractivity contribution in [3.05, 3.63) is 63.9 Å². The third kappa shape index (κ3) is 4.36. The van der Waals surface area contributed by atoms with Crippen molar-refractivity contribution >= 4 is 29.4 Å². The first kappa shape index (κ1) is 18.0. The molecule has 0 aliphatic rings. The van der Waals surface area contributed by atoms with Crippen molar-refractivity contribution in [3.8, 4) is 0 Å². The number of Topliss-reactive ketones (excluding diaryl/α,β-unsaturated/α-hetero) is 1. The van der Waals surface area contributed by atoms with Gasteiger partial charge in [-0.1, -0.05) is 23.7 Å². The number of hydrogen-bond donors (Lipinski definition) is 0. The van der Waals surface area contributed by atoms with Crippen LogP contribution in [-0.2, 0) is 16.1 Å². The van der Waals surface area contributed by atoms with E-state index in [0.717, 1.165) is 23.5 Å². The molecule has 0 aliphatic carbocycles. The van der Waals surface area contributed by atoms with Crippen molar-refractivity contribution in [1.29, 1.82) is 0 Å².